The molecule has 2 aromatic rings. The zero-order valence-corrected chi connectivity index (χ0v) is 12.2. The molecule has 2 fully saturated rings. The van der Waals surface area contributed by atoms with E-state index >= 15 is 0 Å². The van der Waals surface area contributed by atoms with Crippen LogP contribution in [0.4, 0.5) is 0 Å². The lowest BCUT2D eigenvalue weighted by atomic mass is 10.1. The zero-order valence-electron chi connectivity index (χ0n) is 12.2. The molecule has 4 rings (SSSR count). The molecule has 0 aromatic carbocycles. The van der Waals surface area contributed by atoms with E-state index in [0.717, 1.165) is 42.4 Å². The molecular formula is C16H19N3O2. The average Bonchev–Trinajstić information content (AvgIpc) is 3.05. The zero-order chi connectivity index (χ0) is 14.4. The van der Waals surface area contributed by atoms with Crippen molar-refractivity contribution in [3.63, 3.8) is 0 Å². The maximum atomic E-state index is 12.1. The van der Waals surface area contributed by atoms with E-state index in [9.17, 15) is 4.79 Å². The van der Waals surface area contributed by atoms with E-state index in [1.807, 2.05) is 10.7 Å². The molecule has 5 nitrogen and oxygen atoms in total. The van der Waals surface area contributed by atoms with Gasteiger partial charge in [-0.3, -0.25) is 0 Å². The van der Waals surface area contributed by atoms with Gasteiger partial charge < -0.3 is 4.74 Å². The van der Waals surface area contributed by atoms with Gasteiger partial charge >= 0.3 is 5.97 Å². The number of hydrogen-bond donors (Lipinski definition) is 0. The van der Waals surface area contributed by atoms with Crippen LogP contribution >= 0.6 is 0 Å². The predicted octanol–water partition coefficient (Wildman–Crippen LogP) is 3.21. The van der Waals surface area contributed by atoms with Crippen LogP contribution in [0.5, 0.6) is 0 Å². The molecule has 5 heteroatoms. The maximum absolute atomic E-state index is 12.1. The van der Waals surface area contributed by atoms with E-state index in [2.05, 4.69) is 5.10 Å². The van der Waals surface area contributed by atoms with Crippen molar-refractivity contribution in [3.8, 4) is 0 Å². The van der Waals surface area contributed by atoms with Crippen molar-refractivity contribution in [2.45, 2.75) is 50.5 Å². The smallest absolute Gasteiger partial charge is 0.338 e. The Labute approximate surface area is 123 Å². The van der Waals surface area contributed by atoms with Gasteiger partial charge in [0.25, 0.3) is 0 Å². The fraction of sp³-hybridized carbons (Fsp3) is 0.562. The summed E-state index contributed by atoms with van der Waals surface area (Å²) in [4.78, 5) is 16.9. The number of pyridine rings is 1. The average molecular weight is 285 g/mol. The fourth-order valence-electron chi connectivity index (χ4n) is 3.32. The van der Waals surface area contributed by atoms with E-state index in [1.165, 1.54) is 20.0 Å². The second kappa shape index (κ2) is 4.83. The molecule has 0 unspecified atom stereocenters. The summed E-state index contributed by atoms with van der Waals surface area (Å²) in [7, 11) is 1.42. The monoisotopic (exact) mass is 285 g/mol. The summed E-state index contributed by atoms with van der Waals surface area (Å²) in [5, 5.41) is 5.34. The van der Waals surface area contributed by atoms with Crippen LogP contribution in [0.3, 0.4) is 0 Å². The molecular weight excluding hydrogens is 266 g/mol. The van der Waals surface area contributed by atoms with Crippen molar-refractivity contribution in [1.82, 2.24) is 14.8 Å². The summed E-state index contributed by atoms with van der Waals surface area (Å²) in [6.07, 6.45) is 8.90. The van der Waals surface area contributed by atoms with Gasteiger partial charge in [-0.25, -0.2) is 14.5 Å². The fourth-order valence-corrected chi connectivity index (χ4v) is 3.32. The third kappa shape index (κ3) is 2.11. The summed E-state index contributed by atoms with van der Waals surface area (Å²) in [5.74, 6) is 0.208. The first kappa shape index (κ1) is 12.8. The van der Waals surface area contributed by atoms with E-state index in [-0.39, 0.29) is 5.97 Å². The Kier molecular flexibility index (Phi) is 2.94. The number of ether oxygens (including phenoxy) is 1. The molecule has 0 bridgehead atoms. The van der Waals surface area contributed by atoms with Gasteiger partial charge in [0.2, 0.25) is 0 Å². The minimum absolute atomic E-state index is 0.296. The predicted molar refractivity (Wildman–Crippen MR) is 78.3 cm³/mol. The van der Waals surface area contributed by atoms with Crippen LogP contribution in [0.25, 0.3) is 11.0 Å². The van der Waals surface area contributed by atoms with Crippen LogP contribution in [0.1, 0.15) is 66.5 Å². The van der Waals surface area contributed by atoms with Crippen molar-refractivity contribution < 1.29 is 9.53 Å². The number of esters is 1. The van der Waals surface area contributed by atoms with Gasteiger partial charge in [-0.1, -0.05) is 12.8 Å². The van der Waals surface area contributed by atoms with Crippen molar-refractivity contribution >= 4 is 17.0 Å². The van der Waals surface area contributed by atoms with Gasteiger partial charge in [-0.15, -0.1) is 0 Å². The van der Waals surface area contributed by atoms with Crippen LogP contribution in [-0.2, 0) is 4.74 Å². The molecule has 0 radical (unpaired) electrons. The Hall–Kier alpha value is -1.91. The molecule has 0 amide bonds. The van der Waals surface area contributed by atoms with Crippen LogP contribution in [0.15, 0.2) is 12.3 Å². The first-order chi connectivity index (χ1) is 10.3. The third-order valence-corrected chi connectivity index (χ3v) is 4.66. The van der Waals surface area contributed by atoms with Gasteiger partial charge in [0.05, 0.1) is 30.3 Å². The molecule has 2 saturated carbocycles. The number of aromatic nitrogens is 3. The molecule has 0 N–H and O–H groups in total. The Balaban J connectivity index is 1.89. The third-order valence-electron chi connectivity index (χ3n) is 4.66. The highest BCUT2D eigenvalue weighted by molar-refractivity contribution is 6.02. The van der Waals surface area contributed by atoms with E-state index in [4.69, 9.17) is 9.72 Å². The van der Waals surface area contributed by atoms with Crippen LogP contribution in [0, 0.1) is 0 Å². The van der Waals surface area contributed by atoms with Gasteiger partial charge in [-0.05, 0) is 31.7 Å². The van der Waals surface area contributed by atoms with Crippen molar-refractivity contribution in [3.05, 3.63) is 23.5 Å². The first-order valence-corrected chi connectivity index (χ1v) is 7.74. The lowest BCUT2D eigenvalue weighted by molar-refractivity contribution is 0.0603. The SMILES string of the molecule is COC(=O)c1cc(C2CC2)nc2c1cnn2C1CCCC1. The number of fused-ring (bicyclic) bond motifs is 1. The Morgan fingerprint density at radius 1 is 1.29 bits per heavy atom. The topological polar surface area (TPSA) is 57.0 Å². The molecule has 2 heterocycles. The van der Waals surface area contributed by atoms with E-state index in [0.29, 0.717) is 17.5 Å². The van der Waals surface area contributed by atoms with E-state index < -0.39 is 0 Å². The highest BCUT2D eigenvalue weighted by atomic mass is 16.5. The minimum atomic E-state index is -0.296. The normalized spacial score (nSPS) is 19.3. The number of methoxy groups -OCH3 is 1. The van der Waals surface area contributed by atoms with Gasteiger partial charge in [0, 0.05) is 11.6 Å². The van der Waals surface area contributed by atoms with E-state index in [1.54, 1.807) is 6.20 Å². The maximum Gasteiger partial charge on any atom is 0.338 e. The Bertz CT molecular complexity index is 697. The molecule has 0 atom stereocenters. The molecule has 21 heavy (non-hydrogen) atoms. The standard InChI is InChI=1S/C16H19N3O2/c1-21-16(20)12-8-14(10-6-7-10)18-15-13(12)9-17-19(15)11-4-2-3-5-11/h8-11H,2-7H2,1H3. The molecule has 2 aliphatic carbocycles. The minimum Gasteiger partial charge on any atom is -0.465 e. The largest absolute Gasteiger partial charge is 0.465 e. The summed E-state index contributed by atoms with van der Waals surface area (Å²) < 4.78 is 6.96. The highest BCUT2D eigenvalue weighted by Gasteiger charge is 2.29. The number of hydrogen-bond acceptors (Lipinski definition) is 4. The summed E-state index contributed by atoms with van der Waals surface area (Å²) >= 11 is 0. The molecule has 0 saturated heterocycles. The lowest BCUT2D eigenvalue weighted by Crippen LogP contribution is -2.09. The summed E-state index contributed by atoms with van der Waals surface area (Å²) in [6, 6.07) is 2.32. The van der Waals surface area contributed by atoms with Crippen LogP contribution < -0.4 is 0 Å². The summed E-state index contributed by atoms with van der Waals surface area (Å²) in [6.45, 7) is 0. The Morgan fingerprint density at radius 3 is 2.71 bits per heavy atom. The summed E-state index contributed by atoms with van der Waals surface area (Å²) in [5.41, 5.74) is 2.47. The number of nitrogens with zero attached hydrogens (tertiary/aromatic N) is 3. The van der Waals surface area contributed by atoms with Crippen LogP contribution in [0.2, 0.25) is 0 Å². The molecule has 110 valence electrons. The second-order valence-electron chi connectivity index (χ2n) is 6.13. The quantitative estimate of drug-likeness (QED) is 0.812. The van der Waals surface area contributed by atoms with Crippen molar-refractivity contribution in [2.75, 3.05) is 7.11 Å². The van der Waals surface area contributed by atoms with Gasteiger partial charge in [-0.2, -0.15) is 5.10 Å². The molecule has 0 aliphatic heterocycles. The number of carbonyl (C=O) groups excluding carboxylic acids is 1. The lowest BCUT2D eigenvalue weighted by Gasteiger charge is -2.12. The molecule has 2 aromatic heterocycles. The number of carbonyl (C=O) groups is 1. The molecule has 0 spiro atoms. The van der Waals surface area contributed by atoms with Crippen LogP contribution in [-0.4, -0.2) is 27.8 Å². The van der Waals surface area contributed by atoms with Crippen molar-refractivity contribution in [2.24, 2.45) is 0 Å². The molecule has 2 aliphatic rings. The first-order valence-electron chi connectivity index (χ1n) is 7.74. The van der Waals surface area contributed by atoms with Crippen molar-refractivity contribution in [1.29, 1.82) is 0 Å². The van der Waals surface area contributed by atoms with Gasteiger partial charge in [0.1, 0.15) is 0 Å². The second-order valence-corrected chi connectivity index (χ2v) is 6.13. The highest BCUT2D eigenvalue weighted by Crippen LogP contribution is 2.41. The number of rotatable bonds is 3. The Morgan fingerprint density at radius 2 is 2.05 bits per heavy atom. The van der Waals surface area contributed by atoms with Gasteiger partial charge in [0.15, 0.2) is 5.65 Å².